The molecule has 1 heterocycles. The van der Waals surface area contributed by atoms with E-state index in [-0.39, 0.29) is 10.8 Å². The summed E-state index contributed by atoms with van der Waals surface area (Å²) >= 11 is 0. The zero-order valence-corrected chi connectivity index (χ0v) is 12.7. The minimum Gasteiger partial charge on any atom is -0.315 e. The van der Waals surface area contributed by atoms with Crippen LogP contribution in [-0.4, -0.2) is 13.1 Å². The molecular weight excluding hydrogens is 218 g/mol. The molecule has 0 saturated carbocycles. The van der Waals surface area contributed by atoms with Gasteiger partial charge in [-0.15, -0.1) is 0 Å². The molecule has 0 atom stereocenters. The van der Waals surface area contributed by atoms with Crippen LogP contribution >= 0.6 is 0 Å². The quantitative estimate of drug-likeness (QED) is 0.789. The lowest BCUT2D eigenvalue weighted by atomic mass is 9.77. The van der Waals surface area contributed by atoms with Crippen molar-refractivity contribution in [1.82, 2.24) is 5.32 Å². The zero-order chi connectivity index (χ0) is 13.6. The summed E-state index contributed by atoms with van der Waals surface area (Å²) in [5, 5.41) is 3.38. The van der Waals surface area contributed by atoms with Crippen molar-refractivity contribution in [1.29, 1.82) is 0 Å². The van der Waals surface area contributed by atoms with Gasteiger partial charge in [-0.3, -0.25) is 0 Å². The maximum atomic E-state index is 3.38. The van der Waals surface area contributed by atoms with Gasteiger partial charge >= 0.3 is 0 Å². The van der Waals surface area contributed by atoms with E-state index in [2.05, 4.69) is 65.1 Å². The highest BCUT2D eigenvalue weighted by Crippen LogP contribution is 2.33. The highest BCUT2D eigenvalue weighted by Gasteiger charge is 2.25. The molecule has 0 aromatic heterocycles. The van der Waals surface area contributed by atoms with Crippen LogP contribution in [0.2, 0.25) is 0 Å². The molecule has 1 heteroatoms. The molecule has 0 bridgehead atoms. The van der Waals surface area contributed by atoms with Crippen molar-refractivity contribution in [2.24, 2.45) is 0 Å². The van der Waals surface area contributed by atoms with E-state index in [1.165, 1.54) is 16.7 Å². The predicted octanol–water partition coefficient (Wildman–Crippen LogP) is 3.97. The zero-order valence-electron chi connectivity index (χ0n) is 12.7. The van der Waals surface area contributed by atoms with Crippen LogP contribution in [0.3, 0.4) is 0 Å². The lowest BCUT2D eigenvalue weighted by Gasteiger charge is -2.32. The molecule has 1 fully saturated rings. The number of rotatable bonds is 1. The molecule has 0 radical (unpaired) electrons. The summed E-state index contributed by atoms with van der Waals surface area (Å²) in [7, 11) is 0. The van der Waals surface area contributed by atoms with Crippen molar-refractivity contribution in [2.75, 3.05) is 13.1 Å². The Labute approximate surface area is 112 Å². The molecule has 0 spiro atoms. The van der Waals surface area contributed by atoms with Gasteiger partial charge in [0.05, 0.1) is 0 Å². The molecule has 1 N–H and O–H groups in total. The summed E-state index contributed by atoms with van der Waals surface area (Å²) in [6, 6.07) is 7.23. The SMILES string of the molecule is CC(C)(C)c1cc(C2CNC2)cc(C(C)(C)C)c1. The Balaban J connectivity index is 2.48. The van der Waals surface area contributed by atoms with Gasteiger partial charge in [-0.05, 0) is 27.5 Å². The Bertz CT molecular complexity index is 396. The van der Waals surface area contributed by atoms with E-state index in [1.807, 2.05) is 0 Å². The van der Waals surface area contributed by atoms with Crippen molar-refractivity contribution in [3.05, 3.63) is 34.9 Å². The van der Waals surface area contributed by atoms with Crippen LogP contribution in [0.4, 0.5) is 0 Å². The number of hydrogen-bond acceptors (Lipinski definition) is 1. The standard InChI is InChI=1S/C17H27N/c1-16(2,3)14-7-12(13-10-18-11-13)8-15(9-14)17(4,5)6/h7-9,13,18H,10-11H2,1-6H3. The Morgan fingerprint density at radius 2 is 1.28 bits per heavy atom. The second-order valence-electron chi connectivity index (χ2n) is 7.70. The largest absolute Gasteiger partial charge is 0.315 e. The first-order valence-corrected chi connectivity index (χ1v) is 7.04. The fourth-order valence-electron chi connectivity index (χ4n) is 2.28. The number of hydrogen-bond donors (Lipinski definition) is 1. The Kier molecular flexibility index (Phi) is 3.31. The van der Waals surface area contributed by atoms with E-state index in [9.17, 15) is 0 Å². The molecule has 0 unspecified atom stereocenters. The van der Waals surface area contributed by atoms with Crippen LogP contribution in [0.15, 0.2) is 18.2 Å². The number of benzene rings is 1. The molecule has 1 aliphatic heterocycles. The van der Waals surface area contributed by atoms with Crippen LogP contribution in [0.25, 0.3) is 0 Å². The lowest BCUT2D eigenvalue weighted by Crippen LogP contribution is -2.40. The minimum absolute atomic E-state index is 0.229. The number of nitrogens with one attached hydrogen (secondary N) is 1. The molecule has 0 amide bonds. The van der Waals surface area contributed by atoms with E-state index in [0.29, 0.717) is 5.92 Å². The average Bonchev–Trinajstić information content (AvgIpc) is 2.11. The molecule has 1 nitrogen and oxygen atoms in total. The van der Waals surface area contributed by atoms with Gasteiger partial charge in [-0.1, -0.05) is 59.7 Å². The van der Waals surface area contributed by atoms with Crippen molar-refractivity contribution in [3.8, 4) is 0 Å². The summed E-state index contributed by atoms with van der Waals surface area (Å²) in [5.74, 6) is 0.716. The first-order chi connectivity index (χ1) is 8.18. The van der Waals surface area contributed by atoms with Crippen LogP contribution in [0.5, 0.6) is 0 Å². The fraction of sp³-hybridized carbons (Fsp3) is 0.647. The summed E-state index contributed by atoms with van der Waals surface area (Å²) < 4.78 is 0. The third-order valence-electron chi connectivity index (χ3n) is 3.94. The molecule has 1 aromatic rings. The van der Waals surface area contributed by atoms with Gasteiger partial charge in [0.1, 0.15) is 0 Å². The van der Waals surface area contributed by atoms with Crippen molar-refractivity contribution in [3.63, 3.8) is 0 Å². The molecule has 2 rings (SSSR count). The lowest BCUT2D eigenvalue weighted by molar-refractivity contribution is 0.445. The second-order valence-corrected chi connectivity index (χ2v) is 7.70. The monoisotopic (exact) mass is 245 g/mol. The van der Waals surface area contributed by atoms with Crippen LogP contribution in [0, 0.1) is 0 Å². The minimum atomic E-state index is 0.229. The van der Waals surface area contributed by atoms with Crippen LogP contribution < -0.4 is 5.32 Å². The van der Waals surface area contributed by atoms with Crippen LogP contribution in [0.1, 0.15) is 64.2 Å². The second kappa shape index (κ2) is 4.38. The third kappa shape index (κ3) is 2.77. The van der Waals surface area contributed by atoms with Gasteiger partial charge in [0.2, 0.25) is 0 Å². The highest BCUT2D eigenvalue weighted by molar-refractivity contribution is 5.39. The molecular formula is C17H27N. The fourth-order valence-corrected chi connectivity index (χ4v) is 2.28. The Morgan fingerprint density at radius 1 is 0.833 bits per heavy atom. The first kappa shape index (κ1) is 13.6. The van der Waals surface area contributed by atoms with Gasteiger partial charge in [0.15, 0.2) is 0 Å². The summed E-state index contributed by atoms with van der Waals surface area (Å²) in [4.78, 5) is 0. The molecule has 18 heavy (non-hydrogen) atoms. The van der Waals surface area contributed by atoms with Gasteiger partial charge in [-0.2, -0.15) is 0 Å². The Hall–Kier alpha value is -0.820. The van der Waals surface area contributed by atoms with Gasteiger partial charge < -0.3 is 5.32 Å². The molecule has 1 aromatic carbocycles. The molecule has 1 aliphatic rings. The summed E-state index contributed by atoms with van der Waals surface area (Å²) in [6.07, 6.45) is 0. The summed E-state index contributed by atoms with van der Waals surface area (Å²) in [6.45, 7) is 16.1. The third-order valence-corrected chi connectivity index (χ3v) is 3.94. The van der Waals surface area contributed by atoms with Crippen molar-refractivity contribution >= 4 is 0 Å². The molecule has 100 valence electrons. The van der Waals surface area contributed by atoms with Crippen molar-refractivity contribution in [2.45, 2.75) is 58.3 Å². The topological polar surface area (TPSA) is 12.0 Å². The smallest absolute Gasteiger partial charge is 0.00887 e. The maximum Gasteiger partial charge on any atom is 0.00887 e. The predicted molar refractivity (Wildman–Crippen MR) is 79.5 cm³/mol. The van der Waals surface area contributed by atoms with E-state index in [4.69, 9.17) is 0 Å². The first-order valence-electron chi connectivity index (χ1n) is 7.04. The van der Waals surface area contributed by atoms with Gasteiger partial charge in [0.25, 0.3) is 0 Å². The molecule has 1 saturated heterocycles. The van der Waals surface area contributed by atoms with Gasteiger partial charge in [0, 0.05) is 19.0 Å². The Morgan fingerprint density at radius 3 is 1.56 bits per heavy atom. The normalized spacial score (nSPS) is 17.7. The van der Waals surface area contributed by atoms with E-state index < -0.39 is 0 Å². The van der Waals surface area contributed by atoms with Crippen molar-refractivity contribution < 1.29 is 0 Å². The molecule has 0 aliphatic carbocycles. The maximum absolute atomic E-state index is 3.38. The van der Waals surface area contributed by atoms with Gasteiger partial charge in [-0.25, -0.2) is 0 Å². The van der Waals surface area contributed by atoms with E-state index in [1.54, 1.807) is 0 Å². The summed E-state index contributed by atoms with van der Waals surface area (Å²) in [5.41, 5.74) is 4.92. The van der Waals surface area contributed by atoms with E-state index in [0.717, 1.165) is 13.1 Å². The average molecular weight is 245 g/mol. The van der Waals surface area contributed by atoms with Crippen LogP contribution in [-0.2, 0) is 10.8 Å². The highest BCUT2D eigenvalue weighted by atomic mass is 14.9. The van der Waals surface area contributed by atoms with E-state index >= 15 is 0 Å².